The molecule has 0 aliphatic heterocycles. The van der Waals surface area contributed by atoms with Crippen molar-refractivity contribution in [1.29, 1.82) is 5.41 Å². The first-order chi connectivity index (χ1) is 5.39. The highest BCUT2D eigenvalue weighted by atomic mass is 16.3. The normalized spacial score (nSPS) is 9.67. The maximum absolute atomic E-state index is 9.36. The van der Waals surface area contributed by atoms with Crippen LogP contribution in [0.5, 0.6) is 0 Å². The Bertz CT molecular complexity index is 135. The Morgan fingerprint density at radius 2 is 1.67 bits per heavy atom. The summed E-state index contributed by atoms with van der Waals surface area (Å²) in [6.45, 7) is 9.91. The molecule has 0 saturated heterocycles. The van der Waals surface area contributed by atoms with Gasteiger partial charge in [0.2, 0.25) is 0 Å². The highest BCUT2D eigenvalue weighted by molar-refractivity contribution is 5.79. The third-order valence-electron chi connectivity index (χ3n) is 1.90. The van der Waals surface area contributed by atoms with Crippen LogP contribution in [-0.2, 0) is 0 Å². The molecule has 0 atom stereocenters. The molecule has 3 heteroatoms. The lowest BCUT2D eigenvalue weighted by atomic mass is 10.5. The van der Waals surface area contributed by atoms with Gasteiger partial charge >= 0.3 is 0 Å². The summed E-state index contributed by atoms with van der Waals surface area (Å²) in [4.78, 5) is 0. The predicted octanol–water partition coefficient (Wildman–Crippen LogP) is 0.613. The number of quaternary nitrogens is 1. The fourth-order valence-corrected chi connectivity index (χ4v) is 0.224. The summed E-state index contributed by atoms with van der Waals surface area (Å²) in [7, 11) is 4.47. The van der Waals surface area contributed by atoms with Gasteiger partial charge in [0.1, 0.15) is 0 Å². The minimum absolute atomic E-state index is 0.731. The molecule has 12 heavy (non-hydrogen) atoms. The monoisotopic (exact) mass is 172 g/mol. The van der Waals surface area contributed by atoms with E-state index in [-0.39, 0.29) is 0 Å². The van der Waals surface area contributed by atoms with Crippen LogP contribution in [0.25, 0.3) is 0 Å². The molecule has 0 saturated carbocycles. The minimum atomic E-state index is -0.731. The first-order valence-corrected chi connectivity index (χ1v) is 4.09. The van der Waals surface area contributed by atoms with Crippen molar-refractivity contribution in [2.75, 3.05) is 27.2 Å². The maximum Gasteiger partial charge on any atom is 0.0753 e. The summed E-state index contributed by atoms with van der Waals surface area (Å²) in [5, 5.41) is 15.4. The first kappa shape index (κ1) is 13.7. The zero-order chi connectivity index (χ0) is 10.2. The van der Waals surface area contributed by atoms with E-state index < -0.39 is 5.90 Å². The van der Waals surface area contributed by atoms with Crippen LogP contribution in [0.1, 0.15) is 13.8 Å². The van der Waals surface area contributed by atoms with Gasteiger partial charge in [-0.25, -0.2) is 0 Å². The van der Waals surface area contributed by atoms with Crippen LogP contribution < -0.4 is 5.11 Å². The Morgan fingerprint density at radius 1 is 1.42 bits per heavy atom. The smallest absolute Gasteiger partial charge is 0.0753 e. The van der Waals surface area contributed by atoms with E-state index in [1.54, 1.807) is 0 Å². The van der Waals surface area contributed by atoms with Gasteiger partial charge in [0.25, 0.3) is 0 Å². The molecule has 72 valence electrons. The van der Waals surface area contributed by atoms with Crippen LogP contribution in [-0.4, -0.2) is 37.6 Å². The molecule has 0 aliphatic carbocycles. The molecule has 0 bridgehead atoms. The van der Waals surface area contributed by atoms with E-state index in [9.17, 15) is 5.11 Å². The third-order valence-corrected chi connectivity index (χ3v) is 1.90. The summed E-state index contributed by atoms with van der Waals surface area (Å²) in [5.41, 5.74) is 0. The average molecular weight is 172 g/mol. The van der Waals surface area contributed by atoms with Gasteiger partial charge in [-0.15, -0.1) is 0 Å². The predicted molar refractivity (Wildman–Crippen MR) is 51.1 cm³/mol. The summed E-state index contributed by atoms with van der Waals surface area (Å²) >= 11 is 0. The van der Waals surface area contributed by atoms with Crippen molar-refractivity contribution in [2.24, 2.45) is 0 Å². The molecule has 1 N–H and O–H groups in total. The number of nitrogens with zero attached hydrogens (tertiary/aromatic N) is 1. The summed E-state index contributed by atoms with van der Waals surface area (Å²) in [5.74, 6) is -0.731. The largest absolute Gasteiger partial charge is 0.859 e. The molecule has 0 spiro atoms. The standard InChI is InChI=1S/C6H16N.C3H5NO/c1-5-7(3,4)6-2;1-2-3(4)5/h5-6H2,1-4H3;2H,1H2,(H2,4,5)/q+1;/p-1. The van der Waals surface area contributed by atoms with Gasteiger partial charge in [-0.05, 0) is 19.7 Å². The van der Waals surface area contributed by atoms with Crippen LogP contribution in [0.4, 0.5) is 0 Å². The number of rotatable bonds is 3. The van der Waals surface area contributed by atoms with Gasteiger partial charge in [0, 0.05) is 0 Å². The van der Waals surface area contributed by atoms with Crippen molar-refractivity contribution in [3.63, 3.8) is 0 Å². The summed E-state index contributed by atoms with van der Waals surface area (Å²) in [6.07, 6.45) is 0.944. The first-order valence-electron chi connectivity index (χ1n) is 4.09. The molecule has 0 heterocycles. The SMILES string of the molecule is C=CC(=N)[O-].CC[N+](C)(C)CC. The highest BCUT2D eigenvalue weighted by Crippen LogP contribution is 1.91. The van der Waals surface area contributed by atoms with E-state index >= 15 is 0 Å². The molecule has 0 aliphatic rings. The minimum Gasteiger partial charge on any atom is -0.859 e. The number of hydrogen-bond acceptors (Lipinski definition) is 2. The van der Waals surface area contributed by atoms with E-state index in [1.165, 1.54) is 13.1 Å². The van der Waals surface area contributed by atoms with Gasteiger partial charge in [-0.1, -0.05) is 12.7 Å². The molecule has 0 amide bonds. The summed E-state index contributed by atoms with van der Waals surface area (Å²) < 4.78 is 1.14. The third kappa shape index (κ3) is 11.9. The van der Waals surface area contributed by atoms with Crippen LogP contribution in [0.2, 0.25) is 0 Å². The van der Waals surface area contributed by atoms with Crippen LogP contribution in [0.15, 0.2) is 12.7 Å². The Morgan fingerprint density at radius 3 is 1.67 bits per heavy atom. The zero-order valence-electron chi connectivity index (χ0n) is 8.55. The quantitative estimate of drug-likeness (QED) is 0.378. The molecule has 3 nitrogen and oxygen atoms in total. The second-order valence-electron chi connectivity index (χ2n) is 3.14. The Hall–Kier alpha value is -0.830. The number of nitrogens with one attached hydrogen (secondary N) is 1. The lowest BCUT2D eigenvalue weighted by Gasteiger charge is -2.25. The second-order valence-corrected chi connectivity index (χ2v) is 3.14. The zero-order valence-corrected chi connectivity index (χ0v) is 8.55. The van der Waals surface area contributed by atoms with Crippen LogP contribution >= 0.6 is 0 Å². The van der Waals surface area contributed by atoms with Crippen molar-refractivity contribution in [2.45, 2.75) is 13.8 Å². The van der Waals surface area contributed by atoms with Crippen LogP contribution in [0, 0.1) is 5.41 Å². The average Bonchev–Trinajstić information content (AvgIpc) is 2.05. The van der Waals surface area contributed by atoms with Crippen molar-refractivity contribution in [3.8, 4) is 0 Å². The highest BCUT2D eigenvalue weighted by Gasteiger charge is 2.04. The molecule has 0 aromatic rings. The molecule has 0 rings (SSSR count). The lowest BCUT2D eigenvalue weighted by Crippen LogP contribution is -2.38. The Kier molecular flexibility index (Phi) is 7.85. The second kappa shape index (κ2) is 6.85. The van der Waals surface area contributed by atoms with Gasteiger partial charge in [0.15, 0.2) is 0 Å². The van der Waals surface area contributed by atoms with Gasteiger partial charge in [-0.3, -0.25) is 0 Å². The topological polar surface area (TPSA) is 46.9 Å². The molecule has 0 radical (unpaired) electrons. The van der Waals surface area contributed by atoms with Crippen molar-refractivity contribution >= 4 is 5.90 Å². The Balaban J connectivity index is 0. The van der Waals surface area contributed by atoms with Gasteiger partial charge in [-0.2, -0.15) is 0 Å². The molecule has 0 aromatic carbocycles. The van der Waals surface area contributed by atoms with Crippen molar-refractivity contribution in [3.05, 3.63) is 12.7 Å². The van der Waals surface area contributed by atoms with Crippen molar-refractivity contribution < 1.29 is 9.59 Å². The van der Waals surface area contributed by atoms with E-state index in [1.807, 2.05) is 0 Å². The van der Waals surface area contributed by atoms with Crippen molar-refractivity contribution in [1.82, 2.24) is 0 Å². The van der Waals surface area contributed by atoms with Gasteiger partial charge < -0.3 is 15.0 Å². The molecular formula is C9H20N2O. The van der Waals surface area contributed by atoms with E-state index in [0.29, 0.717) is 0 Å². The van der Waals surface area contributed by atoms with Crippen LogP contribution in [0.3, 0.4) is 0 Å². The summed E-state index contributed by atoms with van der Waals surface area (Å²) in [6, 6.07) is 0. The molecular weight excluding hydrogens is 152 g/mol. The van der Waals surface area contributed by atoms with E-state index in [2.05, 4.69) is 34.5 Å². The lowest BCUT2D eigenvalue weighted by molar-refractivity contribution is -0.886. The van der Waals surface area contributed by atoms with E-state index in [4.69, 9.17) is 5.41 Å². The van der Waals surface area contributed by atoms with Gasteiger partial charge in [0.05, 0.1) is 27.2 Å². The molecule has 0 unspecified atom stereocenters. The van der Waals surface area contributed by atoms with E-state index in [0.717, 1.165) is 10.6 Å². The number of hydrogen-bond donors (Lipinski definition) is 1. The Labute approximate surface area is 75.4 Å². The fourth-order valence-electron chi connectivity index (χ4n) is 0.224. The molecule has 0 fully saturated rings. The maximum atomic E-state index is 9.36. The fraction of sp³-hybridized carbons (Fsp3) is 0.667. The molecule has 0 aromatic heterocycles.